The van der Waals surface area contributed by atoms with Crippen LogP contribution in [0.25, 0.3) is 0 Å². The van der Waals surface area contributed by atoms with E-state index in [1.807, 2.05) is 4.90 Å². The van der Waals surface area contributed by atoms with Crippen molar-refractivity contribution >= 4 is 21.6 Å². The number of rotatable bonds is 4. The van der Waals surface area contributed by atoms with Crippen LogP contribution in [0.1, 0.15) is 30.0 Å². The lowest BCUT2D eigenvalue weighted by atomic mass is 9.56. The van der Waals surface area contributed by atoms with Crippen molar-refractivity contribution in [1.82, 2.24) is 14.8 Å². The fourth-order valence-corrected chi connectivity index (χ4v) is 3.10. The van der Waals surface area contributed by atoms with Crippen LogP contribution in [0.4, 0.5) is 0 Å². The van der Waals surface area contributed by atoms with Gasteiger partial charge in [-0.2, -0.15) is 0 Å². The zero-order chi connectivity index (χ0) is 17.3. The van der Waals surface area contributed by atoms with E-state index in [-0.39, 0.29) is 5.91 Å². The van der Waals surface area contributed by atoms with Crippen molar-refractivity contribution in [1.29, 1.82) is 0 Å². The number of carbonyl (C=O) groups excluding carboxylic acids is 1. The van der Waals surface area contributed by atoms with Gasteiger partial charge in [0.15, 0.2) is 0 Å². The predicted octanol–water partition coefficient (Wildman–Crippen LogP) is 0.589. The molecule has 1 aromatic rings. The summed E-state index contributed by atoms with van der Waals surface area (Å²) in [6, 6.07) is 5.30. The van der Waals surface area contributed by atoms with Crippen molar-refractivity contribution in [3.05, 3.63) is 29.6 Å². The van der Waals surface area contributed by atoms with Gasteiger partial charge in [-0.25, -0.2) is 4.98 Å². The zero-order valence-electron chi connectivity index (χ0n) is 14.4. The van der Waals surface area contributed by atoms with Crippen LogP contribution in [0, 0.1) is 11.8 Å². The Morgan fingerprint density at radius 1 is 1.29 bits per heavy atom. The van der Waals surface area contributed by atoms with Crippen LogP contribution < -0.4 is 0 Å². The van der Waals surface area contributed by atoms with Crippen molar-refractivity contribution in [2.45, 2.75) is 19.2 Å². The predicted molar refractivity (Wildman–Crippen MR) is 94.0 cm³/mol. The Morgan fingerprint density at radius 2 is 1.96 bits per heavy atom. The molecular formula is C17H23B2N3O2. The topological polar surface area (TPSA) is 45.7 Å². The first kappa shape index (κ1) is 17.5. The minimum atomic E-state index is -1.15. The lowest BCUT2D eigenvalue weighted by Gasteiger charge is -2.51. The second-order valence-corrected chi connectivity index (χ2v) is 7.05. The molecule has 7 heteroatoms. The summed E-state index contributed by atoms with van der Waals surface area (Å²) in [6.45, 7) is 8.42. The summed E-state index contributed by atoms with van der Waals surface area (Å²) in [5, 5.41) is -1.15. The molecule has 4 radical (unpaired) electrons. The number of nitrogens with zero attached hydrogens (tertiary/aromatic N) is 3. The van der Waals surface area contributed by atoms with Gasteiger partial charge in [0.05, 0.1) is 28.9 Å². The molecule has 2 fully saturated rings. The minimum Gasteiger partial charge on any atom is -0.378 e. The van der Waals surface area contributed by atoms with Gasteiger partial charge in [-0.05, 0) is 29.3 Å². The Balaban J connectivity index is 1.73. The molecular weight excluding hydrogens is 300 g/mol. The molecule has 0 spiro atoms. The molecule has 2 aliphatic heterocycles. The number of pyridine rings is 1. The molecule has 1 aromatic heterocycles. The smallest absolute Gasteiger partial charge is 0.272 e. The number of carbonyl (C=O) groups is 1. The summed E-state index contributed by atoms with van der Waals surface area (Å²) in [5.74, 6) is 1.12. The van der Waals surface area contributed by atoms with Crippen LogP contribution in [-0.4, -0.2) is 75.8 Å². The van der Waals surface area contributed by atoms with Crippen LogP contribution in [0.3, 0.4) is 0 Å². The van der Waals surface area contributed by atoms with Gasteiger partial charge in [-0.1, -0.05) is 19.9 Å². The van der Waals surface area contributed by atoms with Gasteiger partial charge < -0.3 is 14.5 Å². The molecule has 2 aliphatic rings. The molecule has 0 atom stereocenters. The summed E-state index contributed by atoms with van der Waals surface area (Å²) < 4.78 is 5.29. The van der Waals surface area contributed by atoms with E-state index in [1.165, 1.54) is 0 Å². The largest absolute Gasteiger partial charge is 0.378 e. The van der Waals surface area contributed by atoms with E-state index in [0.717, 1.165) is 13.1 Å². The van der Waals surface area contributed by atoms with E-state index in [2.05, 4.69) is 18.8 Å². The van der Waals surface area contributed by atoms with Crippen LogP contribution in [0.15, 0.2) is 18.2 Å². The maximum absolute atomic E-state index is 12.6. The zero-order valence-corrected chi connectivity index (χ0v) is 14.4. The molecule has 124 valence electrons. The van der Waals surface area contributed by atoms with Crippen molar-refractivity contribution in [2.75, 3.05) is 39.4 Å². The van der Waals surface area contributed by atoms with Gasteiger partial charge in [0, 0.05) is 31.9 Å². The van der Waals surface area contributed by atoms with Crippen molar-refractivity contribution in [2.24, 2.45) is 11.8 Å². The first-order valence-corrected chi connectivity index (χ1v) is 8.57. The third-order valence-electron chi connectivity index (χ3n) is 5.05. The molecule has 0 aliphatic carbocycles. The fourth-order valence-electron chi connectivity index (χ4n) is 3.10. The highest BCUT2D eigenvalue weighted by Gasteiger charge is 2.39. The number of hydrogen-bond acceptors (Lipinski definition) is 4. The monoisotopic (exact) mass is 323 g/mol. The summed E-state index contributed by atoms with van der Waals surface area (Å²) >= 11 is 0. The third-order valence-corrected chi connectivity index (χ3v) is 5.05. The average molecular weight is 323 g/mol. The first-order chi connectivity index (χ1) is 11.4. The van der Waals surface area contributed by atoms with Crippen LogP contribution in [0.2, 0.25) is 0 Å². The van der Waals surface area contributed by atoms with Crippen LogP contribution in [-0.2, 0) is 10.1 Å². The molecule has 0 N–H and O–H groups in total. The Hall–Kier alpha value is -1.33. The normalized spacial score (nSPS) is 20.2. The van der Waals surface area contributed by atoms with Gasteiger partial charge in [-0.3, -0.25) is 4.79 Å². The highest BCUT2D eigenvalue weighted by atomic mass is 16.5. The van der Waals surface area contributed by atoms with Gasteiger partial charge in [0.1, 0.15) is 5.69 Å². The second-order valence-electron chi connectivity index (χ2n) is 7.05. The van der Waals surface area contributed by atoms with Gasteiger partial charge >= 0.3 is 0 Å². The Labute approximate surface area is 146 Å². The van der Waals surface area contributed by atoms with Crippen molar-refractivity contribution in [3.8, 4) is 0 Å². The highest BCUT2D eigenvalue weighted by Crippen LogP contribution is 2.32. The number of aromatic nitrogens is 1. The molecule has 0 unspecified atom stereocenters. The molecule has 5 nitrogen and oxygen atoms in total. The van der Waals surface area contributed by atoms with E-state index in [4.69, 9.17) is 20.4 Å². The van der Waals surface area contributed by atoms with Crippen LogP contribution in [0.5, 0.6) is 0 Å². The standard InChI is InChI=1S/C17H23B2N3O2/c1-12(2)13-10-22(11-13)17(18,19)15-5-3-4-14(20-15)16(23)21-6-8-24-9-7-21/h3-5,12-13H,6-11H2,1-2H3. The quantitative estimate of drug-likeness (QED) is 0.761. The highest BCUT2D eigenvalue weighted by molar-refractivity contribution is 6.39. The fraction of sp³-hybridized carbons (Fsp3) is 0.647. The molecule has 2 saturated heterocycles. The number of likely N-dealkylation sites (tertiary alicyclic amines) is 1. The number of amides is 1. The van der Waals surface area contributed by atoms with E-state index < -0.39 is 5.34 Å². The van der Waals surface area contributed by atoms with E-state index >= 15 is 0 Å². The van der Waals surface area contributed by atoms with E-state index in [1.54, 1.807) is 23.1 Å². The molecule has 24 heavy (non-hydrogen) atoms. The average Bonchev–Trinajstić information content (AvgIpc) is 2.53. The summed E-state index contributed by atoms with van der Waals surface area (Å²) in [7, 11) is 12.7. The SMILES string of the molecule is [B]C([B])(c1cccc(C(=O)N2CCOCC2)n1)N1CC(C(C)C)C1. The number of morpholine rings is 1. The lowest BCUT2D eigenvalue weighted by Crippen LogP contribution is -2.60. The summed E-state index contributed by atoms with van der Waals surface area (Å²) in [5.41, 5.74) is 0.916. The number of hydrogen-bond donors (Lipinski definition) is 0. The van der Waals surface area contributed by atoms with Crippen molar-refractivity contribution in [3.63, 3.8) is 0 Å². The summed E-state index contributed by atoms with van der Waals surface area (Å²) in [4.78, 5) is 20.8. The second kappa shape index (κ2) is 6.89. The number of ether oxygens (including phenoxy) is 1. The summed E-state index contributed by atoms with van der Waals surface area (Å²) in [6.07, 6.45) is 0. The molecule has 0 bridgehead atoms. The Morgan fingerprint density at radius 3 is 2.58 bits per heavy atom. The Bertz CT molecular complexity index is 597. The molecule has 0 saturated carbocycles. The molecule has 0 aromatic carbocycles. The molecule has 3 rings (SSSR count). The maximum atomic E-state index is 12.6. The maximum Gasteiger partial charge on any atom is 0.272 e. The van der Waals surface area contributed by atoms with Gasteiger partial charge in [0.2, 0.25) is 0 Å². The van der Waals surface area contributed by atoms with Crippen molar-refractivity contribution < 1.29 is 9.53 Å². The van der Waals surface area contributed by atoms with E-state index in [0.29, 0.717) is 49.5 Å². The van der Waals surface area contributed by atoms with E-state index in [9.17, 15) is 4.79 Å². The Kier molecular flexibility index (Phi) is 5.02. The third kappa shape index (κ3) is 3.38. The lowest BCUT2D eigenvalue weighted by molar-refractivity contribution is 0.0294. The molecule has 1 amide bonds. The van der Waals surface area contributed by atoms with Gasteiger partial charge in [-0.15, -0.1) is 0 Å². The van der Waals surface area contributed by atoms with Gasteiger partial charge in [0.25, 0.3) is 5.91 Å². The minimum absolute atomic E-state index is 0.0976. The van der Waals surface area contributed by atoms with Crippen LogP contribution >= 0.6 is 0 Å². The first-order valence-electron chi connectivity index (χ1n) is 8.57. The molecule has 3 heterocycles.